The van der Waals surface area contributed by atoms with Crippen LogP contribution in [-0.2, 0) is 0 Å². The minimum Gasteiger partial charge on any atom is -0.264 e. The number of hydrogen-bond acceptors (Lipinski definition) is 3. The molecule has 0 fully saturated rings. The van der Waals surface area contributed by atoms with Crippen molar-refractivity contribution < 1.29 is 0 Å². The van der Waals surface area contributed by atoms with E-state index in [1.165, 1.54) is 0 Å². The normalized spacial score (nSPS) is 25.6. The van der Waals surface area contributed by atoms with Crippen molar-refractivity contribution in [2.24, 2.45) is 26.5 Å². The first-order valence-electron chi connectivity index (χ1n) is 4.45. The summed E-state index contributed by atoms with van der Waals surface area (Å²) in [4.78, 5) is 4.41. The van der Waals surface area contributed by atoms with Gasteiger partial charge in [-0.25, -0.2) is 0 Å². The van der Waals surface area contributed by atoms with Crippen LogP contribution < -0.4 is 0 Å². The van der Waals surface area contributed by atoms with Crippen molar-refractivity contribution in [2.45, 2.75) is 20.8 Å². The molecule has 0 amide bonds. The van der Waals surface area contributed by atoms with Gasteiger partial charge in [-0.05, 0) is 6.08 Å². The first-order chi connectivity index (χ1) is 6.07. The van der Waals surface area contributed by atoms with Crippen LogP contribution in [0.1, 0.15) is 20.8 Å². The van der Waals surface area contributed by atoms with E-state index in [4.69, 9.17) is 0 Å². The highest BCUT2D eigenvalue weighted by Gasteiger charge is 2.24. The molecule has 0 aromatic rings. The minimum absolute atomic E-state index is 0.0899. The van der Waals surface area contributed by atoms with Crippen molar-refractivity contribution in [1.29, 1.82) is 0 Å². The van der Waals surface area contributed by atoms with Gasteiger partial charge in [0.1, 0.15) is 0 Å². The van der Waals surface area contributed by atoms with Crippen molar-refractivity contribution in [3.8, 4) is 0 Å². The largest absolute Gasteiger partial charge is 0.264 e. The second-order valence-electron chi connectivity index (χ2n) is 4.37. The van der Waals surface area contributed by atoms with E-state index in [9.17, 15) is 0 Å². The van der Waals surface area contributed by atoms with Crippen LogP contribution in [0.25, 0.3) is 0 Å². The lowest BCUT2D eigenvalue weighted by Crippen LogP contribution is -2.20. The molecular formula is C10H13N3. The molecular weight excluding hydrogens is 162 g/mol. The summed E-state index contributed by atoms with van der Waals surface area (Å²) in [7, 11) is 0. The smallest absolute Gasteiger partial charge is 0.0787 e. The molecule has 3 nitrogen and oxygen atoms in total. The van der Waals surface area contributed by atoms with Gasteiger partial charge in [0.05, 0.1) is 11.6 Å². The molecule has 2 aliphatic heterocycles. The van der Waals surface area contributed by atoms with Gasteiger partial charge in [-0.15, -0.1) is 0 Å². The van der Waals surface area contributed by atoms with Gasteiger partial charge in [0.15, 0.2) is 0 Å². The summed E-state index contributed by atoms with van der Waals surface area (Å²) in [6.07, 6.45) is 5.77. The lowest BCUT2D eigenvalue weighted by Gasteiger charge is -2.22. The fourth-order valence-corrected chi connectivity index (χ4v) is 1.30. The average molecular weight is 175 g/mol. The summed E-state index contributed by atoms with van der Waals surface area (Å²) < 4.78 is 0. The molecule has 0 saturated heterocycles. The van der Waals surface area contributed by atoms with Gasteiger partial charge in [-0.2, -0.15) is 10.2 Å². The van der Waals surface area contributed by atoms with Gasteiger partial charge in [0.2, 0.25) is 0 Å². The van der Waals surface area contributed by atoms with Crippen LogP contribution in [0.3, 0.4) is 0 Å². The molecule has 68 valence electrons. The molecule has 1 unspecified atom stereocenters. The van der Waals surface area contributed by atoms with E-state index < -0.39 is 0 Å². The van der Waals surface area contributed by atoms with Crippen LogP contribution >= 0.6 is 0 Å². The summed E-state index contributed by atoms with van der Waals surface area (Å²) >= 11 is 0. The molecule has 0 aliphatic carbocycles. The third-order valence-corrected chi connectivity index (χ3v) is 2.17. The number of allylic oxidation sites excluding steroid dienone is 2. The molecule has 0 spiro atoms. The fraction of sp³-hybridized carbons (Fsp3) is 0.500. The van der Waals surface area contributed by atoms with Crippen LogP contribution in [0, 0.1) is 11.3 Å². The fourth-order valence-electron chi connectivity index (χ4n) is 1.30. The molecule has 2 heterocycles. The Morgan fingerprint density at radius 3 is 2.69 bits per heavy atom. The molecule has 2 aliphatic rings. The van der Waals surface area contributed by atoms with Gasteiger partial charge >= 0.3 is 0 Å². The lowest BCUT2D eigenvalue weighted by atomic mass is 9.88. The van der Waals surface area contributed by atoms with Crippen molar-refractivity contribution in [2.75, 3.05) is 0 Å². The molecule has 2 rings (SSSR count). The van der Waals surface area contributed by atoms with E-state index in [0.29, 0.717) is 0 Å². The Balaban J connectivity index is 2.32. The van der Waals surface area contributed by atoms with Crippen LogP contribution in [-0.4, -0.2) is 18.1 Å². The molecule has 3 heteroatoms. The Bertz CT molecular complexity index is 340. The zero-order chi connectivity index (χ0) is 9.47. The van der Waals surface area contributed by atoms with E-state index in [2.05, 4.69) is 36.0 Å². The van der Waals surface area contributed by atoms with Gasteiger partial charge in [-0.1, -0.05) is 20.8 Å². The van der Waals surface area contributed by atoms with Crippen LogP contribution in [0.2, 0.25) is 0 Å². The Morgan fingerprint density at radius 1 is 1.23 bits per heavy atom. The van der Waals surface area contributed by atoms with E-state index in [-0.39, 0.29) is 11.3 Å². The summed E-state index contributed by atoms with van der Waals surface area (Å²) in [5.74, 6) is 0.214. The van der Waals surface area contributed by atoms with Crippen molar-refractivity contribution in [1.82, 2.24) is 0 Å². The monoisotopic (exact) mass is 175 g/mol. The third kappa shape index (κ3) is 1.46. The highest BCUT2D eigenvalue weighted by atomic mass is 15.2. The van der Waals surface area contributed by atoms with Crippen molar-refractivity contribution in [3.05, 3.63) is 11.8 Å². The number of fused-ring (bicyclic) bond motifs is 1. The summed E-state index contributed by atoms with van der Waals surface area (Å²) in [6, 6.07) is 0. The molecule has 0 radical (unpaired) electrons. The van der Waals surface area contributed by atoms with Gasteiger partial charge in [0, 0.05) is 23.5 Å². The van der Waals surface area contributed by atoms with E-state index >= 15 is 0 Å². The SMILES string of the molecule is CC(C)(C)C1=CC2=NN=CC2C=N1. The Hall–Kier alpha value is -1.25. The van der Waals surface area contributed by atoms with E-state index in [1.807, 2.05) is 18.5 Å². The number of aliphatic imine (C=N–C) groups is 1. The summed E-state index contributed by atoms with van der Waals surface area (Å²) in [6.45, 7) is 6.44. The first-order valence-corrected chi connectivity index (χ1v) is 4.45. The lowest BCUT2D eigenvalue weighted by molar-refractivity contribution is 0.498. The van der Waals surface area contributed by atoms with Gasteiger partial charge in [-0.3, -0.25) is 4.99 Å². The summed E-state index contributed by atoms with van der Waals surface area (Å²) in [5.41, 5.74) is 2.18. The quantitative estimate of drug-likeness (QED) is 0.540. The molecule has 1 atom stereocenters. The molecule has 0 aromatic carbocycles. The molecule has 0 aromatic heterocycles. The maximum Gasteiger partial charge on any atom is 0.0787 e. The Morgan fingerprint density at radius 2 is 2.00 bits per heavy atom. The Kier molecular flexibility index (Phi) is 1.68. The topological polar surface area (TPSA) is 37.1 Å². The second kappa shape index (κ2) is 2.62. The molecule has 0 saturated carbocycles. The summed E-state index contributed by atoms with van der Waals surface area (Å²) in [5, 5.41) is 7.91. The Labute approximate surface area is 78.0 Å². The average Bonchev–Trinajstić information content (AvgIpc) is 2.47. The van der Waals surface area contributed by atoms with Gasteiger partial charge < -0.3 is 0 Å². The number of nitrogens with zero attached hydrogens (tertiary/aromatic N) is 3. The van der Waals surface area contributed by atoms with Gasteiger partial charge in [0.25, 0.3) is 0 Å². The number of rotatable bonds is 0. The maximum atomic E-state index is 4.41. The van der Waals surface area contributed by atoms with E-state index in [1.54, 1.807) is 0 Å². The zero-order valence-corrected chi connectivity index (χ0v) is 8.15. The third-order valence-electron chi connectivity index (χ3n) is 2.17. The first kappa shape index (κ1) is 8.35. The highest BCUT2D eigenvalue weighted by Crippen LogP contribution is 2.29. The van der Waals surface area contributed by atoms with Crippen LogP contribution in [0.4, 0.5) is 0 Å². The predicted octanol–water partition coefficient (Wildman–Crippen LogP) is 2.06. The predicted molar refractivity (Wildman–Crippen MR) is 55.4 cm³/mol. The minimum atomic E-state index is 0.0899. The second-order valence-corrected chi connectivity index (χ2v) is 4.37. The maximum absolute atomic E-state index is 4.41. The van der Waals surface area contributed by atoms with Crippen LogP contribution in [0.15, 0.2) is 27.0 Å². The standard InChI is InChI=1S/C10H13N3/c1-10(2,3)9-4-8-7(5-11-9)6-12-13-8/h4-7H,1-3H3. The molecule has 13 heavy (non-hydrogen) atoms. The van der Waals surface area contributed by atoms with Crippen molar-refractivity contribution in [3.63, 3.8) is 0 Å². The number of hydrogen-bond donors (Lipinski definition) is 0. The molecule has 0 bridgehead atoms. The molecule has 0 N–H and O–H groups in total. The zero-order valence-electron chi connectivity index (χ0n) is 8.15. The van der Waals surface area contributed by atoms with Crippen LogP contribution in [0.5, 0.6) is 0 Å². The van der Waals surface area contributed by atoms with Crippen molar-refractivity contribution >= 4 is 18.1 Å². The highest BCUT2D eigenvalue weighted by molar-refractivity contribution is 6.19. The van der Waals surface area contributed by atoms with E-state index in [0.717, 1.165) is 11.4 Å².